The van der Waals surface area contributed by atoms with Crippen molar-refractivity contribution in [1.82, 2.24) is 0 Å². The van der Waals surface area contributed by atoms with Gasteiger partial charge in [-0.15, -0.1) is 0 Å². The normalized spacial score (nSPS) is 8.40. The Labute approximate surface area is 33.2 Å². The van der Waals surface area contributed by atoms with Crippen LogP contribution in [0, 0.1) is 6.54 Å². The molecule has 0 saturated carbocycles. The molecule has 0 fully saturated rings. The summed E-state index contributed by atoms with van der Waals surface area (Å²) in [6.07, 6.45) is 2.02. The van der Waals surface area contributed by atoms with Gasteiger partial charge in [0.05, 0.1) is 6.54 Å². The molecule has 0 saturated heterocycles. The summed E-state index contributed by atoms with van der Waals surface area (Å²) in [6, 6.07) is 0. The molecule has 0 spiro atoms. The van der Waals surface area contributed by atoms with Crippen LogP contribution in [0.4, 0.5) is 0 Å². The third-order valence-corrected chi connectivity index (χ3v) is 0.394. The molecular weight excluding hydrogens is 62.1 g/mol. The van der Waals surface area contributed by atoms with Crippen molar-refractivity contribution in [2.75, 3.05) is 0 Å². The highest BCUT2D eigenvalue weighted by molar-refractivity contribution is 4.47. The Morgan fingerprint density at radius 2 is 2.40 bits per heavy atom. The van der Waals surface area contributed by atoms with Gasteiger partial charge in [0.15, 0.2) is 0 Å². The van der Waals surface area contributed by atoms with Gasteiger partial charge < -0.3 is 5.73 Å². The molecule has 0 rings (SSSR count). The molecule has 0 aromatic carbocycles. The van der Waals surface area contributed by atoms with Crippen molar-refractivity contribution in [3.8, 4) is 0 Å². The van der Waals surface area contributed by atoms with E-state index >= 15 is 0 Å². The standard InChI is InChI=1S/C4H9N/c1-2-3-4-5/h2-3,5H2,1H3. The van der Waals surface area contributed by atoms with Crippen LogP contribution in [0.5, 0.6) is 0 Å². The van der Waals surface area contributed by atoms with Crippen LogP contribution in [0.25, 0.3) is 0 Å². The highest BCUT2D eigenvalue weighted by Crippen LogP contribution is 1.81. The lowest BCUT2D eigenvalue weighted by Gasteiger charge is -1.78. The van der Waals surface area contributed by atoms with E-state index < -0.39 is 0 Å². The van der Waals surface area contributed by atoms with E-state index in [1.807, 2.05) is 0 Å². The first-order valence-electron chi connectivity index (χ1n) is 1.85. The van der Waals surface area contributed by atoms with Crippen molar-refractivity contribution >= 4 is 0 Å². The van der Waals surface area contributed by atoms with E-state index in [4.69, 9.17) is 5.73 Å². The molecule has 1 nitrogen and oxygen atoms in total. The molecule has 0 atom stereocenters. The first-order chi connectivity index (χ1) is 2.41. The van der Waals surface area contributed by atoms with Gasteiger partial charge in [-0.25, -0.2) is 0 Å². The van der Waals surface area contributed by atoms with Crippen LogP contribution in [0.3, 0.4) is 0 Å². The fourth-order valence-corrected chi connectivity index (χ4v) is 0.144. The van der Waals surface area contributed by atoms with Gasteiger partial charge in [-0.1, -0.05) is 13.3 Å². The second-order valence-corrected chi connectivity index (χ2v) is 0.954. The van der Waals surface area contributed by atoms with E-state index in [0.717, 1.165) is 12.8 Å². The van der Waals surface area contributed by atoms with Crippen molar-refractivity contribution in [2.24, 2.45) is 5.73 Å². The van der Waals surface area contributed by atoms with E-state index in [1.54, 1.807) is 0 Å². The number of hydrogen-bond acceptors (Lipinski definition) is 1. The monoisotopic (exact) mass is 71.1 g/mol. The van der Waals surface area contributed by atoms with Gasteiger partial charge in [0.2, 0.25) is 0 Å². The minimum absolute atomic E-state index is 0.917. The molecule has 0 aliphatic heterocycles. The van der Waals surface area contributed by atoms with Gasteiger partial charge in [-0.2, -0.15) is 0 Å². The minimum Gasteiger partial charge on any atom is -0.322 e. The van der Waals surface area contributed by atoms with Gasteiger partial charge in [0, 0.05) is 0 Å². The van der Waals surface area contributed by atoms with Crippen molar-refractivity contribution < 1.29 is 0 Å². The highest BCUT2D eigenvalue weighted by atomic mass is 14.5. The summed E-state index contributed by atoms with van der Waals surface area (Å²) in [7, 11) is 0. The van der Waals surface area contributed by atoms with Crippen molar-refractivity contribution in [3.05, 3.63) is 6.54 Å². The minimum atomic E-state index is 0.917. The predicted molar refractivity (Wildman–Crippen MR) is 22.3 cm³/mol. The van der Waals surface area contributed by atoms with Crippen molar-refractivity contribution in [2.45, 2.75) is 19.8 Å². The zero-order valence-electron chi connectivity index (χ0n) is 3.49. The lowest BCUT2D eigenvalue weighted by molar-refractivity contribution is 0.887. The molecule has 5 heavy (non-hydrogen) atoms. The van der Waals surface area contributed by atoms with Crippen LogP contribution in [0.15, 0.2) is 0 Å². The molecule has 0 bridgehead atoms. The van der Waals surface area contributed by atoms with E-state index in [1.165, 1.54) is 0 Å². The van der Waals surface area contributed by atoms with Gasteiger partial charge in [0.25, 0.3) is 0 Å². The quantitative estimate of drug-likeness (QED) is 0.478. The van der Waals surface area contributed by atoms with Gasteiger partial charge in [-0.3, -0.25) is 0 Å². The zero-order valence-corrected chi connectivity index (χ0v) is 3.49. The van der Waals surface area contributed by atoms with Crippen molar-refractivity contribution in [1.29, 1.82) is 0 Å². The molecule has 0 amide bonds. The van der Waals surface area contributed by atoms with Crippen LogP contribution in [0.1, 0.15) is 19.8 Å². The molecule has 2 radical (unpaired) electrons. The van der Waals surface area contributed by atoms with Crippen molar-refractivity contribution in [3.63, 3.8) is 0 Å². The molecule has 1 heteroatoms. The zero-order chi connectivity index (χ0) is 4.12. The summed E-state index contributed by atoms with van der Waals surface area (Å²) < 4.78 is 0. The van der Waals surface area contributed by atoms with E-state index in [9.17, 15) is 0 Å². The maximum Gasteiger partial charge on any atom is 0.0556 e. The van der Waals surface area contributed by atoms with Gasteiger partial charge >= 0.3 is 0 Å². The Morgan fingerprint density at radius 1 is 1.80 bits per heavy atom. The molecule has 0 aromatic heterocycles. The third kappa shape index (κ3) is 3.96. The van der Waals surface area contributed by atoms with E-state index in [0.29, 0.717) is 0 Å². The third-order valence-electron chi connectivity index (χ3n) is 0.394. The maximum atomic E-state index is 4.89. The molecule has 0 aromatic rings. The van der Waals surface area contributed by atoms with Crippen LogP contribution in [0.2, 0.25) is 0 Å². The fourth-order valence-electron chi connectivity index (χ4n) is 0.144. The number of unbranched alkanes of at least 4 members (excludes halogenated alkanes) is 1. The van der Waals surface area contributed by atoms with E-state index in [2.05, 4.69) is 13.5 Å². The number of nitrogens with two attached hydrogens (primary N) is 1. The average molecular weight is 71.1 g/mol. The van der Waals surface area contributed by atoms with Gasteiger partial charge in [-0.05, 0) is 6.42 Å². The molecule has 0 aliphatic rings. The predicted octanol–water partition coefficient (Wildman–Crippen LogP) is 0.784. The largest absolute Gasteiger partial charge is 0.322 e. The number of rotatable bonds is 2. The molecular formula is C4H9N. The average Bonchev–Trinajstić information content (AvgIpc) is 1.41. The summed E-state index contributed by atoms with van der Waals surface area (Å²) in [4.78, 5) is 0. The van der Waals surface area contributed by atoms with Crippen LogP contribution >= 0.6 is 0 Å². The summed E-state index contributed by atoms with van der Waals surface area (Å²) in [6.45, 7) is 4.59. The summed E-state index contributed by atoms with van der Waals surface area (Å²) in [5.74, 6) is 0. The highest BCUT2D eigenvalue weighted by Gasteiger charge is 1.69. The van der Waals surface area contributed by atoms with Crippen LogP contribution in [-0.4, -0.2) is 0 Å². The summed E-state index contributed by atoms with van der Waals surface area (Å²) in [5.41, 5.74) is 4.89. The molecule has 0 aliphatic carbocycles. The Morgan fingerprint density at radius 3 is 2.40 bits per heavy atom. The Hall–Kier alpha value is -0.0400. The van der Waals surface area contributed by atoms with E-state index in [-0.39, 0.29) is 0 Å². The second kappa shape index (κ2) is 3.96. The molecule has 0 heterocycles. The summed E-state index contributed by atoms with van der Waals surface area (Å²) in [5, 5.41) is 0. The molecule has 2 N–H and O–H groups in total. The SMILES string of the molecule is CCC[C]N. The molecule has 30 valence electrons. The topological polar surface area (TPSA) is 26.0 Å². The lowest BCUT2D eigenvalue weighted by Crippen LogP contribution is -1.86. The smallest absolute Gasteiger partial charge is 0.0556 e. The Balaban J connectivity index is 2.19. The van der Waals surface area contributed by atoms with Crippen LogP contribution in [-0.2, 0) is 0 Å². The first kappa shape index (κ1) is 4.96. The van der Waals surface area contributed by atoms with Crippen LogP contribution < -0.4 is 5.73 Å². The number of hydrogen-bond donors (Lipinski definition) is 1. The second-order valence-electron chi connectivity index (χ2n) is 0.954. The molecule has 0 unspecified atom stereocenters. The Bertz CT molecular complexity index is 11.1. The summed E-state index contributed by atoms with van der Waals surface area (Å²) >= 11 is 0. The Kier molecular flexibility index (Phi) is 3.93. The lowest BCUT2D eigenvalue weighted by atomic mass is 10.3. The van der Waals surface area contributed by atoms with Gasteiger partial charge in [0.1, 0.15) is 0 Å². The maximum absolute atomic E-state index is 4.89. The fraction of sp³-hybridized carbons (Fsp3) is 0.750. The first-order valence-corrected chi connectivity index (χ1v) is 1.85.